The lowest BCUT2D eigenvalue weighted by molar-refractivity contribution is 0.0697. The van der Waals surface area contributed by atoms with Crippen molar-refractivity contribution in [2.45, 2.75) is 44.6 Å². The molecule has 0 aromatic heterocycles. The van der Waals surface area contributed by atoms with Gasteiger partial charge in [-0.1, -0.05) is 41.6 Å². The van der Waals surface area contributed by atoms with Crippen LogP contribution in [0.1, 0.15) is 48.9 Å². The molecule has 5 heteroatoms. The smallest absolute Gasteiger partial charge is 0.337 e. The lowest BCUT2D eigenvalue weighted by atomic mass is 10.1. The summed E-state index contributed by atoms with van der Waals surface area (Å²) in [6, 6.07) is 3.90. The fourth-order valence-electron chi connectivity index (χ4n) is 2.52. The Morgan fingerprint density at radius 1 is 1.16 bits per heavy atom. The van der Waals surface area contributed by atoms with Crippen LogP contribution in [0.15, 0.2) is 21.1 Å². The van der Waals surface area contributed by atoms with Crippen molar-refractivity contribution in [3.8, 4) is 0 Å². The fraction of sp³-hybridized carbons (Fsp3) is 0.500. The molecule has 0 heterocycles. The van der Waals surface area contributed by atoms with Crippen molar-refractivity contribution in [1.29, 1.82) is 0 Å². The predicted octanol–water partition coefficient (Wildman–Crippen LogP) is 5.04. The van der Waals surface area contributed by atoms with E-state index in [1.54, 1.807) is 6.07 Å². The summed E-state index contributed by atoms with van der Waals surface area (Å²) >= 11 is 6.79. The second kappa shape index (κ2) is 6.75. The Balaban J connectivity index is 2.25. The van der Waals surface area contributed by atoms with Gasteiger partial charge < -0.3 is 10.4 Å². The summed E-state index contributed by atoms with van der Waals surface area (Å²) in [7, 11) is 0. The number of carbonyl (C=O) groups is 1. The molecular formula is C14H17Br2NO2. The van der Waals surface area contributed by atoms with Crippen molar-refractivity contribution in [1.82, 2.24) is 0 Å². The van der Waals surface area contributed by atoms with Crippen molar-refractivity contribution < 1.29 is 9.90 Å². The summed E-state index contributed by atoms with van der Waals surface area (Å²) in [6.45, 7) is 0. The van der Waals surface area contributed by atoms with Crippen molar-refractivity contribution in [3.63, 3.8) is 0 Å². The number of aromatic carboxylic acids is 1. The first-order chi connectivity index (χ1) is 9.08. The summed E-state index contributed by atoms with van der Waals surface area (Å²) in [5.74, 6) is -0.905. The number of rotatable bonds is 3. The van der Waals surface area contributed by atoms with Crippen molar-refractivity contribution in [2.75, 3.05) is 5.32 Å². The van der Waals surface area contributed by atoms with Crippen LogP contribution < -0.4 is 5.32 Å². The Labute approximate surface area is 130 Å². The van der Waals surface area contributed by atoms with Crippen LogP contribution in [0, 0.1) is 0 Å². The molecule has 0 bridgehead atoms. The maximum Gasteiger partial charge on any atom is 0.337 e. The molecule has 0 amide bonds. The van der Waals surface area contributed by atoms with E-state index in [1.165, 1.54) is 25.7 Å². The van der Waals surface area contributed by atoms with Gasteiger partial charge in [0.25, 0.3) is 0 Å². The van der Waals surface area contributed by atoms with Gasteiger partial charge in [-0.25, -0.2) is 4.79 Å². The average molecular weight is 391 g/mol. The van der Waals surface area contributed by atoms with Crippen molar-refractivity contribution in [3.05, 3.63) is 26.6 Å². The van der Waals surface area contributed by atoms with E-state index in [9.17, 15) is 9.90 Å². The molecule has 1 aromatic carbocycles. The maximum atomic E-state index is 11.4. The highest BCUT2D eigenvalue weighted by molar-refractivity contribution is 9.11. The molecule has 3 nitrogen and oxygen atoms in total. The molecule has 2 N–H and O–H groups in total. The molecule has 1 aromatic rings. The van der Waals surface area contributed by atoms with Crippen LogP contribution in [0.5, 0.6) is 0 Å². The Morgan fingerprint density at radius 2 is 1.79 bits per heavy atom. The number of benzene rings is 1. The van der Waals surface area contributed by atoms with Gasteiger partial charge in [0.05, 0.1) is 11.3 Å². The molecule has 1 aliphatic rings. The van der Waals surface area contributed by atoms with E-state index in [2.05, 4.69) is 37.2 Å². The highest BCUT2D eigenvalue weighted by atomic mass is 79.9. The lowest BCUT2D eigenvalue weighted by Gasteiger charge is -2.20. The van der Waals surface area contributed by atoms with Crippen LogP contribution in [0.3, 0.4) is 0 Å². The molecule has 1 fully saturated rings. The average Bonchev–Trinajstić information content (AvgIpc) is 2.60. The van der Waals surface area contributed by atoms with Gasteiger partial charge >= 0.3 is 5.97 Å². The Morgan fingerprint density at radius 3 is 2.37 bits per heavy atom. The zero-order valence-corrected chi connectivity index (χ0v) is 13.8. The number of carboxylic acid groups (broad SMARTS) is 1. The van der Waals surface area contributed by atoms with Gasteiger partial charge in [-0.15, -0.1) is 0 Å². The van der Waals surface area contributed by atoms with Gasteiger partial charge in [-0.2, -0.15) is 0 Å². The lowest BCUT2D eigenvalue weighted by Crippen LogP contribution is -2.20. The van der Waals surface area contributed by atoms with Gasteiger partial charge in [0.15, 0.2) is 0 Å². The van der Waals surface area contributed by atoms with Gasteiger partial charge in [-0.3, -0.25) is 0 Å². The number of carboxylic acids is 1. The molecule has 2 rings (SSSR count). The molecule has 104 valence electrons. The predicted molar refractivity (Wildman–Crippen MR) is 83.9 cm³/mol. The van der Waals surface area contributed by atoms with Crippen molar-refractivity contribution >= 4 is 43.5 Å². The minimum Gasteiger partial charge on any atom is -0.478 e. The topological polar surface area (TPSA) is 49.3 Å². The standard InChI is InChI=1S/C14H17Br2NO2/c15-9-7-11(14(18)19)13(12(16)8-9)17-10-5-3-1-2-4-6-10/h7-8,10,17H,1-6H2,(H,18,19). The van der Waals surface area contributed by atoms with E-state index < -0.39 is 5.97 Å². The number of nitrogens with one attached hydrogen (secondary N) is 1. The summed E-state index contributed by atoms with van der Waals surface area (Å²) < 4.78 is 1.56. The molecule has 0 atom stereocenters. The van der Waals surface area contributed by atoms with Gasteiger partial charge in [0.2, 0.25) is 0 Å². The first kappa shape index (κ1) is 14.9. The second-order valence-electron chi connectivity index (χ2n) is 4.95. The first-order valence-electron chi connectivity index (χ1n) is 6.57. The van der Waals surface area contributed by atoms with E-state index in [0.29, 0.717) is 17.3 Å². The first-order valence-corrected chi connectivity index (χ1v) is 8.15. The van der Waals surface area contributed by atoms with E-state index in [4.69, 9.17) is 0 Å². The molecule has 1 saturated carbocycles. The normalized spacial score (nSPS) is 16.9. The van der Waals surface area contributed by atoms with Crippen molar-refractivity contribution in [2.24, 2.45) is 0 Å². The summed E-state index contributed by atoms with van der Waals surface area (Å²) in [4.78, 5) is 11.4. The van der Waals surface area contributed by atoms with Crippen LogP contribution in [0.2, 0.25) is 0 Å². The third-order valence-electron chi connectivity index (χ3n) is 3.49. The molecule has 19 heavy (non-hydrogen) atoms. The Bertz CT molecular complexity index is 469. The highest BCUT2D eigenvalue weighted by Gasteiger charge is 2.19. The van der Waals surface area contributed by atoms with Crippen LogP contribution >= 0.6 is 31.9 Å². The van der Waals surface area contributed by atoms with E-state index >= 15 is 0 Å². The second-order valence-corrected chi connectivity index (χ2v) is 6.72. The van der Waals surface area contributed by atoms with Crippen LogP contribution in [0.25, 0.3) is 0 Å². The van der Waals surface area contributed by atoms with Crippen LogP contribution in [0.4, 0.5) is 5.69 Å². The van der Waals surface area contributed by atoms with Gasteiger partial charge in [-0.05, 0) is 40.9 Å². The van der Waals surface area contributed by atoms with Crippen LogP contribution in [-0.4, -0.2) is 17.1 Å². The fourth-order valence-corrected chi connectivity index (χ4v) is 3.86. The molecular weight excluding hydrogens is 374 g/mol. The summed E-state index contributed by atoms with van der Waals surface area (Å²) in [5.41, 5.74) is 1.01. The zero-order chi connectivity index (χ0) is 13.8. The number of anilines is 1. The third-order valence-corrected chi connectivity index (χ3v) is 4.57. The summed E-state index contributed by atoms with van der Waals surface area (Å²) in [5, 5.41) is 12.7. The SMILES string of the molecule is O=C(O)c1cc(Br)cc(Br)c1NC1CCCCCC1. The minimum absolute atomic E-state index is 0.311. The monoisotopic (exact) mass is 389 g/mol. The molecule has 1 aliphatic carbocycles. The molecule has 0 saturated heterocycles. The summed E-state index contributed by atoms with van der Waals surface area (Å²) in [6.07, 6.45) is 7.22. The molecule has 0 unspecified atom stereocenters. The Hall–Kier alpha value is -0.550. The van der Waals surface area contributed by atoms with E-state index in [1.807, 2.05) is 6.07 Å². The van der Waals surface area contributed by atoms with E-state index in [0.717, 1.165) is 21.8 Å². The highest BCUT2D eigenvalue weighted by Crippen LogP contribution is 2.33. The largest absolute Gasteiger partial charge is 0.478 e. The third kappa shape index (κ3) is 3.96. The number of hydrogen-bond acceptors (Lipinski definition) is 2. The van der Waals surface area contributed by atoms with Gasteiger partial charge in [0, 0.05) is 15.0 Å². The van der Waals surface area contributed by atoms with E-state index in [-0.39, 0.29) is 0 Å². The quantitative estimate of drug-likeness (QED) is 0.710. The zero-order valence-electron chi connectivity index (χ0n) is 10.6. The molecule has 0 spiro atoms. The number of halogens is 2. The molecule has 0 aliphatic heterocycles. The maximum absolute atomic E-state index is 11.4. The molecule has 0 radical (unpaired) electrons. The number of hydrogen-bond donors (Lipinski definition) is 2. The minimum atomic E-state index is -0.905. The Kier molecular flexibility index (Phi) is 5.28. The van der Waals surface area contributed by atoms with Gasteiger partial charge in [0.1, 0.15) is 0 Å². The van der Waals surface area contributed by atoms with Crippen LogP contribution in [-0.2, 0) is 0 Å².